The van der Waals surface area contributed by atoms with Crippen molar-refractivity contribution in [2.45, 2.75) is 57.8 Å². The first kappa shape index (κ1) is 11.7. The average molecular weight is 227 g/mol. The SMILES string of the molecule is C[C@H]1OC12CCN(C(=O)OC(C)(C)C)CC2. The Morgan fingerprint density at radius 2 is 1.88 bits per heavy atom. The Bertz CT molecular complexity index is 287. The lowest BCUT2D eigenvalue weighted by Crippen LogP contribution is -2.44. The molecular formula is C12H21NO3. The maximum Gasteiger partial charge on any atom is 0.410 e. The molecule has 0 N–H and O–H groups in total. The second-order valence-electron chi connectivity index (χ2n) is 5.79. The van der Waals surface area contributed by atoms with E-state index in [1.165, 1.54) is 0 Å². The normalized spacial score (nSPS) is 28.0. The fourth-order valence-electron chi connectivity index (χ4n) is 2.24. The number of hydrogen-bond donors (Lipinski definition) is 0. The molecule has 92 valence electrons. The van der Waals surface area contributed by atoms with Gasteiger partial charge in [0.05, 0.1) is 11.7 Å². The van der Waals surface area contributed by atoms with E-state index in [1.54, 1.807) is 4.90 Å². The summed E-state index contributed by atoms with van der Waals surface area (Å²) < 4.78 is 10.9. The number of piperidine rings is 1. The Morgan fingerprint density at radius 1 is 1.38 bits per heavy atom. The number of amides is 1. The molecule has 0 unspecified atom stereocenters. The molecule has 2 fully saturated rings. The van der Waals surface area contributed by atoms with E-state index in [0.717, 1.165) is 25.9 Å². The van der Waals surface area contributed by atoms with Crippen LogP contribution in [0.3, 0.4) is 0 Å². The third-order valence-corrected chi connectivity index (χ3v) is 3.36. The maximum absolute atomic E-state index is 11.8. The monoisotopic (exact) mass is 227 g/mol. The van der Waals surface area contributed by atoms with Crippen LogP contribution in [0, 0.1) is 0 Å². The van der Waals surface area contributed by atoms with Gasteiger partial charge in [0, 0.05) is 13.1 Å². The van der Waals surface area contributed by atoms with Gasteiger partial charge >= 0.3 is 6.09 Å². The summed E-state index contributed by atoms with van der Waals surface area (Å²) in [7, 11) is 0. The van der Waals surface area contributed by atoms with Crippen molar-refractivity contribution in [3.05, 3.63) is 0 Å². The number of rotatable bonds is 0. The zero-order valence-corrected chi connectivity index (χ0v) is 10.6. The molecule has 4 nitrogen and oxygen atoms in total. The van der Waals surface area contributed by atoms with Crippen molar-refractivity contribution >= 4 is 6.09 Å². The average Bonchev–Trinajstić information content (AvgIpc) is 2.74. The summed E-state index contributed by atoms with van der Waals surface area (Å²) in [5.41, 5.74) is -0.325. The molecule has 16 heavy (non-hydrogen) atoms. The van der Waals surface area contributed by atoms with E-state index in [-0.39, 0.29) is 11.7 Å². The van der Waals surface area contributed by atoms with Gasteiger partial charge in [-0.05, 0) is 40.5 Å². The Balaban J connectivity index is 1.83. The molecular weight excluding hydrogens is 206 g/mol. The van der Waals surface area contributed by atoms with Crippen LogP contribution in [0.5, 0.6) is 0 Å². The molecule has 0 bridgehead atoms. The minimum Gasteiger partial charge on any atom is -0.444 e. The zero-order valence-electron chi connectivity index (χ0n) is 10.6. The summed E-state index contributed by atoms with van der Waals surface area (Å²) >= 11 is 0. The van der Waals surface area contributed by atoms with Crippen LogP contribution in [0.1, 0.15) is 40.5 Å². The number of carbonyl (C=O) groups excluding carboxylic acids is 1. The lowest BCUT2D eigenvalue weighted by Gasteiger charge is -2.32. The minimum atomic E-state index is -0.407. The Kier molecular flexibility index (Phi) is 2.65. The molecule has 0 aromatic rings. The van der Waals surface area contributed by atoms with E-state index < -0.39 is 5.60 Å². The molecule has 2 saturated heterocycles. The molecule has 4 heteroatoms. The predicted molar refractivity (Wildman–Crippen MR) is 60.3 cm³/mol. The highest BCUT2D eigenvalue weighted by Gasteiger charge is 2.54. The van der Waals surface area contributed by atoms with Crippen LogP contribution in [-0.4, -0.2) is 41.4 Å². The molecule has 2 rings (SSSR count). The van der Waals surface area contributed by atoms with Gasteiger partial charge in [-0.2, -0.15) is 0 Å². The number of carbonyl (C=O) groups is 1. The Morgan fingerprint density at radius 3 is 2.25 bits per heavy atom. The first-order chi connectivity index (χ1) is 7.32. The van der Waals surface area contributed by atoms with Crippen molar-refractivity contribution in [2.24, 2.45) is 0 Å². The van der Waals surface area contributed by atoms with E-state index in [9.17, 15) is 4.79 Å². The Hall–Kier alpha value is -0.770. The highest BCUT2D eigenvalue weighted by Crippen LogP contribution is 2.44. The second kappa shape index (κ2) is 3.62. The molecule has 0 saturated carbocycles. The fourth-order valence-corrected chi connectivity index (χ4v) is 2.24. The summed E-state index contributed by atoms with van der Waals surface area (Å²) in [6, 6.07) is 0. The van der Waals surface area contributed by atoms with Gasteiger partial charge in [0.1, 0.15) is 5.60 Å². The molecule has 0 aromatic carbocycles. The lowest BCUT2D eigenvalue weighted by molar-refractivity contribution is 0.0165. The lowest BCUT2D eigenvalue weighted by atomic mass is 9.94. The van der Waals surface area contributed by atoms with Crippen molar-refractivity contribution in [1.29, 1.82) is 0 Å². The molecule has 0 radical (unpaired) electrons. The van der Waals surface area contributed by atoms with Crippen molar-refractivity contribution in [3.8, 4) is 0 Å². The standard InChI is InChI=1S/C12H21NO3/c1-9-12(15-9)5-7-13(8-6-12)10(14)16-11(2,3)4/h9H,5-8H2,1-4H3/t9-/m1/s1. The highest BCUT2D eigenvalue weighted by molar-refractivity contribution is 5.68. The van der Waals surface area contributed by atoms with Crippen LogP contribution >= 0.6 is 0 Å². The third kappa shape index (κ3) is 2.32. The summed E-state index contributed by atoms with van der Waals surface area (Å²) in [5.74, 6) is 0. The van der Waals surface area contributed by atoms with Gasteiger partial charge in [0.15, 0.2) is 0 Å². The quantitative estimate of drug-likeness (QED) is 0.596. The molecule has 2 aliphatic rings. The van der Waals surface area contributed by atoms with E-state index in [2.05, 4.69) is 6.92 Å². The summed E-state index contributed by atoms with van der Waals surface area (Å²) in [4.78, 5) is 13.6. The van der Waals surface area contributed by atoms with Crippen LogP contribution in [0.25, 0.3) is 0 Å². The third-order valence-electron chi connectivity index (χ3n) is 3.36. The van der Waals surface area contributed by atoms with Gasteiger partial charge in [0.25, 0.3) is 0 Å². The highest BCUT2D eigenvalue weighted by atomic mass is 16.6. The number of likely N-dealkylation sites (tertiary alicyclic amines) is 1. The topological polar surface area (TPSA) is 42.1 Å². The summed E-state index contributed by atoms with van der Waals surface area (Å²) in [6.07, 6.45) is 2.05. The first-order valence-corrected chi connectivity index (χ1v) is 5.98. The van der Waals surface area contributed by atoms with Gasteiger partial charge in [0.2, 0.25) is 0 Å². The Labute approximate surface area is 96.9 Å². The van der Waals surface area contributed by atoms with Crippen molar-refractivity contribution in [3.63, 3.8) is 0 Å². The van der Waals surface area contributed by atoms with Crippen LogP contribution in [0.4, 0.5) is 4.79 Å². The zero-order chi connectivity index (χ0) is 12.0. The van der Waals surface area contributed by atoms with Crippen LogP contribution in [-0.2, 0) is 9.47 Å². The van der Waals surface area contributed by atoms with E-state index in [0.29, 0.717) is 6.10 Å². The maximum atomic E-state index is 11.8. The molecule has 1 spiro atoms. The van der Waals surface area contributed by atoms with Gasteiger partial charge in [-0.1, -0.05) is 0 Å². The van der Waals surface area contributed by atoms with Gasteiger partial charge in [-0.3, -0.25) is 0 Å². The van der Waals surface area contributed by atoms with Crippen LogP contribution in [0.15, 0.2) is 0 Å². The van der Waals surface area contributed by atoms with Gasteiger partial charge in [-0.25, -0.2) is 4.79 Å². The predicted octanol–water partition coefficient (Wildman–Crippen LogP) is 2.17. The van der Waals surface area contributed by atoms with Crippen molar-refractivity contribution < 1.29 is 14.3 Å². The smallest absolute Gasteiger partial charge is 0.410 e. The number of nitrogens with zero attached hydrogens (tertiary/aromatic N) is 1. The molecule has 0 aliphatic carbocycles. The molecule has 1 atom stereocenters. The van der Waals surface area contributed by atoms with E-state index >= 15 is 0 Å². The molecule has 0 aromatic heterocycles. The van der Waals surface area contributed by atoms with Crippen molar-refractivity contribution in [1.82, 2.24) is 4.90 Å². The van der Waals surface area contributed by atoms with Crippen molar-refractivity contribution in [2.75, 3.05) is 13.1 Å². The summed E-state index contributed by atoms with van der Waals surface area (Å²) in [5, 5.41) is 0. The van der Waals surface area contributed by atoms with Gasteiger partial charge < -0.3 is 14.4 Å². The van der Waals surface area contributed by atoms with Crippen LogP contribution < -0.4 is 0 Å². The van der Waals surface area contributed by atoms with E-state index in [4.69, 9.17) is 9.47 Å². The number of hydrogen-bond acceptors (Lipinski definition) is 3. The molecule has 1 amide bonds. The summed E-state index contributed by atoms with van der Waals surface area (Å²) in [6.45, 7) is 9.27. The first-order valence-electron chi connectivity index (χ1n) is 5.98. The number of ether oxygens (including phenoxy) is 2. The van der Waals surface area contributed by atoms with E-state index in [1.807, 2.05) is 20.8 Å². The molecule has 2 aliphatic heterocycles. The van der Waals surface area contributed by atoms with Gasteiger partial charge in [-0.15, -0.1) is 0 Å². The largest absolute Gasteiger partial charge is 0.444 e. The fraction of sp³-hybridized carbons (Fsp3) is 0.917. The molecule has 2 heterocycles. The minimum absolute atomic E-state index is 0.0819. The second-order valence-corrected chi connectivity index (χ2v) is 5.79. The number of epoxide rings is 1. The van der Waals surface area contributed by atoms with Crippen LogP contribution in [0.2, 0.25) is 0 Å².